The molecule has 0 spiro atoms. The van der Waals surface area contributed by atoms with Crippen LogP contribution in [0.1, 0.15) is 57.4 Å². The van der Waals surface area contributed by atoms with Crippen molar-refractivity contribution in [2.75, 3.05) is 0 Å². The highest BCUT2D eigenvalue weighted by Crippen LogP contribution is 2.33. The highest BCUT2D eigenvalue weighted by molar-refractivity contribution is 6.12. The summed E-state index contributed by atoms with van der Waals surface area (Å²) in [6, 6.07) is 18.9. The van der Waals surface area contributed by atoms with Crippen molar-refractivity contribution in [2.45, 2.75) is 0 Å². The maximum atomic E-state index is 13.6. The van der Waals surface area contributed by atoms with Gasteiger partial charge in [-0.25, -0.2) is 19.2 Å². The molecule has 0 bridgehead atoms. The molecule has 4 N–H and O–H groups in total. The highest BCUT2D eigenvalue weighted by atomic mass is 16.5. The molecule has 0 saturated heterocycles. The van der Waals surface area contributed by atoms with Crippen LogP contribution in [0.25, 0.3) is 0 Å². The zero-order valence-corrected chi connectivity index (χ0v) is 20.2. The van der Waals surface area contributed by atoms with Gasteiger partial charge in [0.15, 0.2) is 0 Å². The zero-order valence-electron chi connectivity index (χ0n) is 20.2. The lowest BCUT2D eigenvalue weighted by atomic mass is 10.0. The third-order valence-electron chi connectivity index (χ3n) is 5.62. The number of hydrogen-bond donors (Lipinski definition) is 4. The standard InChI is InChI=1S/C29H18O11/c30-25(19-5-1-3-7-23(19)39-15-9-11-17(26(31)32)21(13-15)28(35)36)20-6-2-4-8-24(20)40-16-10-12-18(27(33)34)22(14-16)29(37)38/h1-14H,(H,31,32)(H,33,34)(H,35,36)(H,37,38). The molecule has 0 atom stereocenters. The lowest BCUT2D eigenvalue weighted by Gasteiger charge is -2.14. The topological polar surface area (TPSA) is 185 Å². The fourth-order valence-corrected chi connectivity index (χ4v) is 3.79. The summed E-state index contributed by atoms with van der Waals surface area (Å²) in [7, 11) is 0. The molecule has 200 valence electrons. The maximum absolute atomic E-state index is 13.6. The van der Waals surface area contributed by atoms with E-state index in [2.05, 4.69) is 0 Å². The lowest BCUT2D eigenvalue weighted by Crippen LogP contribution is -2.09. The highest BCUT2D eigenvalue weighted by Gasteiger charge is 2.22. The van der Waals surface area contributed by atoms with E-state index in [-0.39, 0.29) is 34.1 Å². The van der Waals surface area contributed by atoms with E-state index in [9.17, 15) is 44.4 Å². The molecule has 4 rings (SSSR count). The zero-order chi connectivity index (χ0) is 29.0. The van der Waals surface area contributed by atoms with Crippen LogP contribution in [0, 0.1) is 0 Å². The normalized spacial score (nSPS) is 10.4. The average Bonchev–Trinajstić information content (AvgIpc) is 2.93. The summed E-state index contributed by atoms with van der Waals surface area (Å²) in [5, 5.41) is 37.2. The van der Waals surface area contributed by atoms with Gasteiger partial charge in [-0.2, -0.15) is 0 Å². The Bertz CT molecular complexity index is 1560. The molecule has 0 saturated carbocycles. The van der Waals surface area contributed by atoms with Crippen molar-refractivity contribution in [3.63, 3.8) is 0 Å². The average molecular weight is 542 g/mol. The van der Waals surface area contributed by atoms with Crippen molar-refractivity contribution in [1.82, 2.24) is 0 Å². The number of carboxylic acid groups (broad SMARTS) is 4. The fraction of sp³-hybridized carbons (Fsp3) is 0. The molecule has 0 radical (unpaired) electrons. The lowest BCUT2D eigenvalue weighted by molar-refractivity contribution is 0.0651. The Balaban J connectivity index is 1.69. The van der Waals surface area contributed by atoms with Crippen molar-refractivity contribution >= 4 is 29.7 Å². The van der Waals surface area contributed by atoms with Crippen LogP contribution in [0.2, 0.25) is 0 Å². The molecule has 0 aliphatic carbocycles. The van der Waals surface area contributed by atoms with E-state index < -0.39 is 51.9 Å². The first-order valence-corrected chi connectivity index (χ1v) is 11.4. The SMILES string of the molecule is O=C(c1ccccc1Oc1ccc(C(=O)O)c(C(=O)O)c1)c1ccccc1Oc1ccc(C(=O)O)c(C(=O)O)c1. The number of aromatic carboxylic acids is 4. The molecule has 11 nitrogen and oxygen atoms in total. The van der Waals surface area contributed by atoms with Gasteiger partial charge in [-0.1, -0.05) is 24.3 Å². The quantitative estimate of drug-likeness (QED) is 0.191. The van der Waals surface area contributed by atoms with Crippen LogP contribution < -0.4 is 9.47 Å². The van der Waals surface area contributed by atoms with Crippen molar-refractivity contribution in [3.8, 4) is 23.0 Å². The summed E-state index contributed by atoms with van der Waals surface area (Å²) in [5.74, 6) is -6.32. The van der Waals surface area contributed by atoms with Gasteiger partial charge in [0.1, 0.15) is 23.0 Å². The Morgan fingerprint density at radius 3 is 1.12 bits per heavy atom. The van der Waals surface area contributed by atoms with Gasteiger partial charge < -0.3 is 29.9 Å². The van der Waals surface area contributed by atoms with Gasteiger partial charge in [0.2, 0.25) is 5.78 Å². The molecule has 0 unspecified atom stereocenters. The molecule has 4 aromatic carbocycles. The fourth-order valence-electron chi connectivity index (χ4n) is 3.79. The molecule has 40 heavy (non-hydrogen) atoms. The minimum Gasteiger partial charge on any atom is -0.478 e. The largest absolute Gasteiger partial charge is 0.478 e. The predicted molar refractivity (Wildman–Crippen MR) is 137 cm³/mol. The van der Waals surface area contributed by atoms with Gasteiger partial charge in [-0.15, -0.1) is 0 Å². The van der Waals surface area contributed by atoms with Crippen molar-refractivity contribution < 1.29 is 53.9 Å². The number of para-hydroxylation sites is 2. The van der Waals surface area contributed by atoms with E-state index in [1.54, 1.807) is 24.3 Å². The van der Waals surface area contributed by atoms with E-state index in [4.69, 9.17) is 9.47 Å². The van der Waals surface area contributed by atoms with Gasteiger partial charge in [-0.05, 0) is 60.7 Å². The molecule has 0 amide bonds. The van der Waals surface area contributed by atoms with Gasteiger partial charge in [0.05, 0.1) is 33.4 Å². The van der Waals surface area contributed by atoms with Crippen LogP contribution in [0.4, 0.5) is 0 Å². The minimum atomic E-state index is -1.47. The summed E-state index contributed by atoms with van der Waals surface area (Å²) in [6.45, 7) is 0. The molecule has 0 heterocycles. The van der Waals surface area contributed by atoms with Crippen LogP contribution in [-0.2, 0) is 0 Å². The number of ether oxygens (including phenoxy) is 2. The minimum absolute atomic E-state index is 0.0214. The Hall–Kier alpha value is -5.97. The predicted octanol–water partition coefficient (Wildman–Crippen LogP) is 5.30. The number of benzene rings is 4. The molecular weight excluding hydrogens is 524 g/mol. The number of carbonyl (C=O) groups is 5. The van der Waals surface area contributed by atoms with Gasteiger partial charge in [0, 0.05) is 0 Å². The summed E-state index contributed by atoms with van der Waals surface area (Å²) < 4.78 is 11.5. The summed E-state index contributed by atoms with van der Waals surface area (Å²) in [6.07, 6.45) is 0. The van der Waals surface area contributed by atoms with E-state index in [0.717, 1.165) is 24.3 Å². The van der Waals surface area contributed by atoms with Crippen LogP contribution in [-0.4, -0.2) is 50.1 Å². The first-order chi connectivity index (χ1) is 19.1. The first-order valence-electron chi connectivity index (χ1n) is 11.4. The second-order valence-electron chi connectivity index (χ2n) is 8.16. The molecular formula is C29H18O11. The van der Waals surface area contributed by atoms with E-state index >= 15 is 0 Å². The van der Waals surface area contributed by atoms with Crippen LogP contribution >= 0.6 is 0 Å². The Kier molecular flexibility index (Phi) is 7.57. The summed E-state index contributed by atoms with van der Waals surface area (Å²) >= 11 is 0. The van der Waals surface area contributed by atoms with Crippen LogP contribution in [0.15, 0.2) is 84.9 Å². The summed E-state index contributed by atoms with van der Waals surface area (Å²) in [5.41, 5.74) is -1.74. The van der Waals surface area contributed by atoms with E-state index in [1.807, 2.05) is 0 Å². The third kappa shape index (κ3) is 5.63. The smallest absolute Gasteiger partial charge is 0.336 e. The second kappa shape index (κ2) is 11.2. The number of carbonyl (C=O) groups excluding carboxylic acids is 1. The van der Waals surface area contributed by atoms with E-state index in [1.165, 1.54) is 36.4 Å². The van der Waals surface area contributed by atoms with Gasteiger partial charge in [-0.3, -0.25) is 4.79 Å². The molecule has 0 aliphatic heterocycles. The second-order valence-corrected chi connectivity index (χ2v) is 8.16. The summed E-state index contributed by atoms with van der Waals surface area (Å²) in [4.78, 5) is 59.4. The molecule has 0 fully saturated rings. The first kappa shape index (κ1) is 27.1. The maximum Gasteiger partial charge on any atom is 0.336 e. The van der Waals surface area contributed by atoms with Crippen molar-refractivity contribution in [3.05, 3.63) is 118 Å². The van der Waals surface area contributed by atoms with Gasteiger partial charge >= 0.3 is 23.9 Å². The Morgan fingerprint density at radius 1 is 0.425 bits per heavy atom. The Labute approximate surface area is 225 Å². The number of ketones is 1. The van der Waals surface area contributed by atoms with Crippen LogP contribution in [0.3, 0.4) is 0 Å². The van der Waals surface area contributed by atoms with Crippen LogP contribution in [0.5, 0.6) is 23.0 Å². The van der Waals surface area contributed by atoms with E-state index in [0.29, 0.717) is 0 Å². The third-order valence-corrected chi connectivity index (χ3v) is 5.62. The monoisotopic (exact) mass is 542 g/mol. The number of rotatable bonds is 10. The number of carboxylic acids is 4. The molecule has 11 heteroatoms. The molecule has 0 aliphatic rings. The van der Waals surface area contributed by atoms with Crippen molar-refractivity contribution in [1.29, 1.82) is 0 Å². The Morgan fingerprint density at radius 2 is 0.775 bits per heavy atom. The molecule has 4 aromatic rings. The van der Waals surface area contributed by atoms with Crippen molar-refractivity contribution in [2.24, 2.45) is 0 Å². The number of hydrogen-bond acceptors (Lipinski definition) is 7. The van der Waals surface area contributed by atoms with Gasteiger partial charge in [0.25, 0.3) is 0 Å². The molecule has 0 aromatic heterocycles.